The molecular formula is C20H30ClN3O. The van der Waals surface area contributed by atoms with Crippen molar-refractivity contribution in [1.29, 1.82) is 0 Å². The van der Waals surface area contributed by atoms with Crippen LogP contribution < -0.4 is 10.2 Å². The Bertz CT molecular complexity index is 586. The predicted molar refractivity (Wildman–Crippen MR) is 104 cm³/mol. The van der Waals surface area contributed by atoms with Crippen LogP contribution in [0.1, 0.15) is 33.1 Å². The largest absolute Gasteiger partial charge is 0.369 e. The molecule has 1 saturated carbocycles. The highest BCUT2D eigenvalue weighted by molar-refractivity contribution is 6.30. The van der Waals surface area contributed by atoms with Crippen LogP contribution in [-0.2, 0) is 4.79 Å². The van der Waals surface area contributed by atoms with E-state index in [1.165, 1.54) is 18.5 Å². The summed E-state index contributed by atoms with van der Waals surface area (Å²) in [4.78, 5) is 17.0. The van der Waals surface area contributed by atoms with E-state index in [0.29, 0.717) is 24.4 Å². The molecule has 0 spiro atoms. The van der Waals surface area contributed by atoms with Gasteiger partial charge in [-0.2, -0.15) is 0 Å². The van der Waals surface area contributed by atoms with Gasteiger partial charge in [0.25, 0.3) is 0 Å². The third kappa shape index (κ3) is 4.89. The summed E-state index contributed by atoms with van der Waals surface area (Å²) < 4.78 is 0. The lowest BCUT2D eigenvalue weighted by molar-refractivity contribution is -0.123. The Morgan fingerprint density at radius 3 is 2.68 bits per heavy atom. The van der Waals surface area contributed by atoms with Gasteiger partial charge in [0.2, 0.25) is 5.91 Å². The number of piperazine rings is 1. The molecule has 1 aromatic rings. The van der Waals surface area contributed by atoms with Gasteiger partial charge in [0.05, 0.1) is 6.54 Å². The zero-order valence-corrected chi connectivity index (χ0v) is 16.1. The van der Waals surface area contributed by atoms with Gasteiger partial charge in [-0.25, -0.2) is 0 Å². The maximum absolute atomic E-state index is 12.4. The Morgan fingerprint density at radius 1 is 1.20 bits per heavy atom. The van der Waals surface area contributed by atoms with E-state index < -0.39 is 0 Å². The quantitative estimate of drug-likeness (QED) is 0.890. The summed E-state index contributed by atoms with van der Waals surface area (Å²) in [6.45, 7) is 8.79. The fraction of sp³-hybridized carbons (Fsp3) is 0.650. The van der Waals surface area contributed by atoms with E-state index in [0.717, 1.165) is 37.6 Å². The first kappa shape index (κ1) is 18.5. The number of hydrogen-bond acceptors (Lipinski definition) is 3. The molecule has 0 aromatic heterocycles. The molecule has 3 rings (SSSR count). The molecular weight excluding hydrogens is 334 g/mol. The minimum atomic E-state index is 0.183. The zero-order chi connectivity index (χ0) is 17.8. The van der Waals surface area contributed by atoms with Gasteiger partial charge >= 0.3 is 0 Å². The number of nitrogens with zero attached hydrogens (tertiary/aromatic N) is 2. The van der Waals surface area contributed by atoms with Crippen molar-refractivity contribution < 1.29 is 4.79 Å². The van der Waals surface area contributed by atoms with Gasteiger partial charge in [0, 0.05) is 42.9 Å². The van der Waals surface area contributed by atoms with Gasteiger partial charge in [-0.15, -0.1) is 0 Å². The van der Waals surface area contributed by atoms with Crippen LogP contribution in [0.3, 0.4) is 0 Å². The van der Waals surface area contributed by atoms with Crippen LogP contribution in [0.2, 0.25) is 5.02 Å². The maximum Gasteiger partial charge on any atom is 0.234 e. The standard InChI is InChI=1S/C20H30ClN3O/c1-15-5-3-8-19(16(15)2)22-20(25)14-23-9-11-24(12-10-23)18-7-4-6-17(21)13-18/h4,6-7,13,15-16,19H,3,5,8-12,14H2,1-2H3,(H,22,25)/t15-,16-,19+/m1/s1. The summed E-state index contributed by atoms with van der Waals surface area (Å²) in [7, 11) is 0. The summed E-state index contributed by atoms with van der Waals surface area (Å²) in [5.74, 6) is 1.47. The van der Waals surface area contributed by atoms with E-state index in [9.17, 15) is 4.79 Å². The second kappa shape index (κ2) is 8.41. The van der Waals surface area contributed by atoms with Crippen molar-refractivity contribution in [2.45, 2.75) is 39.2 Å². The molecule has 0 bridgehead atoms. The fourth-order valence-electron chi connectivity index (χ4n) is 4.08. The molecule has 1 heterocycles. The molecule has 1 N–H and O–H groups in total. The lowest BCUT2D eigenvalue weighted by Crippen LogP contribution is -2.52. The Balaban J connectivity index is 1.45. The Hall–Kier alpha value is -1.26. The number of nitrogens with one attached hydrogen (secondary N) is 1. The summed E-state index contributed by atoms with van der Waals surface area (Å²) in [6, 6.07) is 8.35. The van der Waals surface area contributed by atoms with Crippen LogP contribution in [0.25, 0.3) is 0 Å². The molecule has 0 radical (unpaired) electrons. The van der Waals surface area contributed by atoms with Crippen molar-refractivity contribution in [1.82, 2.24) is 10.2 Å². The molecule has 1 aromatic carbocycles. The van der Waals surface area contributed by atoms with Gasteiger partial charge in [0.1, 0.15) is 0 Å². The number of anilines is 1. The fourth-order valence-corrected chi connectivity index (χ4v) is 4.26. The summed E-state index contributed by atoms with van der Waals surface area (Å²) in [6.07, 6.45) is 3.65. The number of halogens is 1. The molecule has 5 heteroatoms. The first-order valence-corrected chi connectivity index (χ1v) is 9.93. The van der Waals surface area contributed by atoms with E-state index in [-0.39, 0.29) is 5.91 Å². The molecule has 1 amide bonds. The first-order valence-electron chi connectivity index (χ1n) is 9.55. The highest BCUT2D eigenvalue weighted by atomic mass is 35.5. The molecule has 2 aliphatic rings. The summed E-state index contributed by atoms with van der Waals surface area (Å²) in [5.41, 5.74) is 1.17. The van der Waals surface area contributed by atoms with Gasteiger partial charge in [-0.05, 0) is 36.5 Å². The lowest BCUT2D eigenvalue weighted by atomic mass is 9.78. The first-order chi connectivity index (χ1) is 12.0. The Morgan fingerprint density at radius 2 is 1.96 bits per heavy atom. The van der Waals surface area contributed by atoms with Crippen molar-refractivity contribution in [2.75, 3.05) is 37.6 Å². The number of rotatable bonds is 4. The second-order valence-corrected chi connectivity index (χ2v) is 8.12. The number of carbonyl (C=O) groups is 1. The van der Waals surface area contributed by atoms with Gasteiger partial charge < -0.3 is 10.2 Å². The number of hydrogen-bond donors (Lipinski definition) is 1. The third-order valence-electron chi connectivity index (χ3n) is 5.97. The molecule has 138 valence electrons. The van der Waals surface area contributed by atoms with E-state index in [4.69, 9.17) is 11.6 Å². The Kier molecular flexibility index (Phi) is 6.24. The predicted octanol–water partition coefficient (Wildman–Crippen LogP) is 3.40. The summed E-state index contributed by atoms with van der Waals surface area (Å²) in [5, 5.41) is 4.06. The minimum Gasteiger partial charge on any atom is -0.369 e. The minimum absolute atomic E-state index is 0.183. The maximum atomic E-state index is 12.4. The monoisotopic (exact) mass is 363 g/mol. The van der Waals surface area contributed by atoms with Gasteiger partial charge in [0.15, 0.2) is 0 Å². The smallest absolute Gasteiger partial charge is 0.234 e. The number of amides is 1. The van der Waals surface area contributed by atoms with E-state index in [1.807, 2.05) is 18.2 Å². The Labute approximate surface area is 156 Å². The molecule has 4 nitrogen and oxygen atoms in total. The van der Waals surface area contributed by atoms with E-state index in [1.54, 1.807) is 0 Å². The van der Waals surface area contributed by atoms with Crippen LogP contribution in [-0.4, -0.2) is 49.6 Å². The SMILES string of the molecule is C[C@@H]1[C@H](C)CCC[C@@H]1NC(=O)CN1CCN(c2cccc(Cl)c2)CC1. The third-order valence-corrected chi connectivity index (χ3v) is 6.20. The lowest BCUT2D eigenvalue weighted by Gasteiger charge is -2.37. The number of benzene rings is 1. The van der Waals surface area contributed by atoms with Crippen molar-refractivity contribution in [3.8, 4) is 0 Å². The zero-order valence-electron chi connectivity index (χ0n) is 15.4. The van der Waals surface area contributed by atoms with Crippen LogP contribution in [0.5, 0.6) is 0 Å². The highest BCUT2D eigenvalue weighted by Crippen LogP contribution is 2.29. The van der Waals surface area contributed by atoms with Crippen LogP contribution in [0.4, 0.5) is 5.69 Å². The molecule has 25 heavy (non-hydrogen) atoms. The average Bonchev–Trinajstić information content (AvgIpc) is 2.60. The molecule has 1 aliphatic heterocycles. The number of carbonyl (C=O) groups excluding carboxylic acids is 1. The topological polar surface area (TPSA) is 35.6 Å². The second-order valence-electron chi connectivity index (χ2n) is 7.68. The van der Waals surface area contributed by atoms with Crippen LogP contribution in [0.15, 0.2) is 24.3 Å². The normalized spacial score (nSPS) is 28.0. The molecule has 1 saturated heterocycles. The van der Waals surface area contributed by atoms with Crippen molar-refractivity contribution in [3.63, 3.8) is 0 Å². The molecule has 2 fully saturated rings. The van der Waals surface area contributed by atoms with Crippen LogP contribution >= 0.6 is 11.6 Å². The van der Waals surface area contributed by atoms with Crippen LogP contribution in [0, 0.1) is 11.8 Å². The van der Waals surface area contributed by atoms with Crippen molar-refractivity contribution >= 4 is 23.2 Å². The molecule has 3 atom stereocenters. The van der Waals surface area contributed by atoms with Crippen molar-refractivity contribution in [3.05, 3.63) is 29.3 Å². The van der Waals surface area contributed by atoms with Gasteiger partial charge in [-0.1, -0.05) is 44.4 Å². The molecule has 1 aliphatic carbocycles. The average molecular weight is 364 g/mol. The van der Waals surface area contributed by atoms with E-state index in [2.05, 4.69) is 35.0 Å². The van der Waals surface area contributed by atoms with Gasteiger partial charge in [-0.3, -0.25) is 9.69 Å². The highest BCUT2D eigenvalue weighted by Gasteiger charge is 2.28. The van der Waals surface area contributed by atoms with Crippen molar-refractivity contribution in [2.24, 2.45) is 11.8 Å². The summed E-state index contributed by atoms with van der Waals surface area (Å²) >= 11 is 6.09. The molecule has 0 unspecified atom stereocenters. The van der Waals surface area contributed by atoms with E-state index >= 15 is 0 Å².